The molecule has 0 saturated heterocycles. The molecule has 0 radical (unpaired) electrons. The Kier molecular flexibility index (Phi) is 5.43. The predicted molar refractivity (Wildman–Crippen MR) is 110 cm³/mol. The maximum atomic E-state index is 12.3. The lowest BCUT2D eigenvalue weighted by Gasteiger charge is -2.06. The van der Waals surface area contributed by atoms with E-state index in [-0.39, 0.29) is 22.5 Å². The van der Waals surface area contributed by atoms with E-state index >= 15 is 0 Å². The summed E-state index contributed by atoms with van der Waals surface area (Å²) in [5.74, 6) is 0.133. The van der Waals surface area contributed by atoms with Crippen molar-refractivity contribution in [2.75, 3.05) is 11.1 Å². The van der Waals surface area contributed by atoms with Gasteiger partial charge in [0.15, 0.2) is 11.5 Å². The van der Waals surface area contributed by atoms with Gasteiger partial charge in [-0.2, -0.15) is 5.10 Å². The predicted octanol–water partition coefficient (Wildman–Crippen LogP) is 4.25. The summed E-state index contributed by atoms with van der Waals surface area (Å²) in [5, 5.41) is 9.17. The van der Waals surface area contributed by atoms with Crippen molar-refractivity contribution in [1.82, 2.24) is 24.7 Å². The van der Waals surface area contributed by atoms with E-state index in [1.54, 1.807) is 10.9 Å². The molecule has 7 nitrogen and oxygen atoms in total. The number of nitrogens with one attached hydrogen (secondary N) is 1. The lowest BCUT2D eigenvalue weighted by Crippen LogP contribution is -2.15. The average molecular weight is 431 g/mol. The standard InChI is InChI=1S/C18H12Cl2N6OS/c19-11-6-14(20)16(21-7-11)25-15(27)9-28-18-13-8-24-26(17(13)22-10-23-18)12-4-2-1-3-5-12/h1-8,10H,9H2,(H,21,25,27). The van der Waals surface area contributed by atoms with Gasteiger partial charge in [-0.3, -0.25) is 4.79 Å². The number of thioether (sulfide) groups is 1. The first-order chi connectivity index (χ1) is 13.6. The molecule has 4 rings (SSSR count). The van der Waals surface area contributed by atoms with Crippen LogP contribution >= 0.6 is 35.0 Å². The fourth-order valence-electron chi connectivity index (χ4n) is 2.50. The zero-order valence-corrected chi connectivity index (χ0v) is 16.5. The fraction of sp³-hybridized carbons (Fsp3) is 0.0556. The van der Waals surface area contributed by atoms with E-state index in [4.69, 9.17) is 23.2 Å². The van der Waals surface area contributed by atoms with Gasteiger partial charge in [0.05, 0.1) is 33.1 Å². The lowest BCUT2D eigenvalue weighted by molar-refractivity contribution is -0.113. The fourth-order valence-corrected chi connectivity index (χ4v) is 3.69. The number of carbonyl (C=O) groups is 1. The number of anilines is 1. The van der Waals surface area contributed by atoms with Gasteiger partial charge >= 0.3 is 0 Å². The minimum Gasteiger partial charge on any atom is -0.309 e. The molecule has 1 N–H and O–H groups in total. The molecule has 0 fully saturated rings. The summed E-state index contributed by atoms with van der Waals surface area (Å²) in [6, 6.07) is 11.2. The van der Waals surface area contributed by atoms with Gasteiger partial charge in [0.1, 0.15) is 11.4 Å². The molecule has 0 atom stereocenters. The van der Waals surface area contributed by atoms with Gasteiger partial charge < -0.3 is 5.32 Å². The van der Waals surface area contributed by atoms with Gasteiger partial charge in [-0.15, -0.1) is 0 Å². The summed E-state index contributed by atoms with van der Waals surface area (Å²) in [4.78, 5) is 24.9. The van der Waals surface area contributed by atoms with Crippen LogP contribution in [0.25, 0.3) is 16.7 Å². The van der Waals surface area contributed by atoms with E-state index in [9.17, 15) is 4.79 Å². The number of fused-ring (bicyclic) bond motifs is 1. The van der Waals surface area contributed by atoms with Crippen LogP contribution in [0.15, 0.2) is 60.1 Å². The molecule has 0 aliphatic carbocycles. The molecule has 0 unspecified atom stereocenters. The Morgan fingerprint density at radius 1 is 1.11 bits per heavy atom. The summed E-state index contributed by atoms with van der Waals surface area (Å²) in [6.07, 6.45) is 4.57. The molecule has 1 amide bonds. The average Bonchev–Trinajstić information content (AvgIpc) is 3.14. The van der Waals surface area contributed by atoms with Crippen LogP contribution in [0.3, 0.4) is 0 Å². The Morgan fingerprint density at radius 2 is 1.93 bits per heavy atom. The van der Waals surface area contributed by atoms with Crippen molar-refractivity contribution in [3.63, 3.8) is 0 Å². The van der Waals surface area contributed by atoms with Crippen LogP contribution in [0.2, 0.25) is 10.0 Å². The summed E-state index contributed by atoms with van der Waals surface area (Å²) >= 11 is 13.1. The van der Waals surface area contributed by atoms with Crippen LogP contribution in [0.4, 0.5) is 5.82 Å². The molecule has 0 spiro atoms. The molecule has 0 aliphatic heterocycles. The molecule has 0 aliphatic rings. The highest BCUT2D eigenvalue weighted by atomic mass is 35.5. The number of rotatable bonds is 5. The third-order valence-corrected chi connectivity index (χ3v) is 5.24. The van der Waals surface area contributed by atoms with Crippen molar-refractivity contribution in [3.8, 4) is 5.69 Å². The van der Waals surface area contributed by atoms with Gasteiger partial charge in [-0.1, -0.05) is 53.2 Å². The van der Waals surface area contributed by atoms with E-state index < -0.39 is 0 Å². The smallest absolute Gasteiger partial charge is 0.235 e. The summed E-state index contributed by atoms with van der Waals surface area (Å²) in [6.45, 7) is 0. The van der Waals surface area contributed by atoms with E-state index in [1.165, 1.54) is 30.4 Å². The van der Waals surface area contributed by atoms with Crippen molar-refractivity contribution < 1.29 is 4.79 Å². The monoisotopic (exact) mass is 430 g/mol. The number of nitrogens with zero attached hydrogens (tertiary/aromatic N) is 5. The summed E-state index contributed by atoms with van der Waals surface area (Å²) in [7, 11) is 0. The van der Waals surface area contributed by atoms with Gasteiger partial charge in [0.25, 0.3) is 0 Å². The number of amides is 1. The third kappa shape index (κ3) is 3.94. The van der Waals surface area contributed by atoms with Crippen molar-refractivity contribution >= 4 is 57.7 Å². The van der Waals surface area contributed by atoms with E-state index in [1.807, 2.05) is 30.3 Å². The Labute approximate surface area is 174 Å². The van der Waals surface area contributed by atoms with Crippen LogP contribution in [0.1, 0.15) is 0 Å². The normalized spacial score (nSPS) is 10.9. The molecule has 3 heterocycles. The number of halogens is 2. The lowest BCUT2D eigenvalue weighted by atomic mass is 10.3. The molecule has 1 aromatic carbocycles. The Balaban J connectivity index is 1.51. The first-order valence-corrected chi connectivity index (χ1v) is 9.84. The number of para-hydroxylation sites is 1. The first kappa shape index (κ1) is 18.7. The van der Waals surface area contributed by atoms with Crippen molar-refractivity contribution in [1.29, 1.82) is 0 Å². The highest BCUT2D eigenvalue weighted by Gasteiger charge is 2.14. The summed E-state index contributed by atoms with van der Waals surface area (Å²) in [5.41, 5.74) is 1.57. The maximum absolute atomic E-state index is 12.3. The van der Waals surface area contributed by atoms with Crippen molar-refractivity contribution in [3.05, 3.63) is 65.2 Å². The number of aromatic nitrogens is 5. The van der Waals surface area contributed by atoms with E-state index in [2.05, 4.69) is 25.4 Å². The molecule has 10 heteroatoms. The van der Waals surface area contributed by atoms with Crippen LogP contribution < -0.4 is 5.32 Å². The molecule has 140 valence electrons. The highest BCUT2D eigenvalue weighted by Crippen LogP contribution is 2.27. The minimum atomic E-state index is -0.260. The molecular formula is C18H12Cl2N6OS. The van der Waals surface area contributed by atoms with Gasteiger partial charge in [-0.05, 0) is 18.2 Å². The second-order valence-corrected chi connectivity index (χ2v) is 7.44. The van der Waals surface area contributed by atoms with Crippen LogP contribution in [0.5, 0.6) is 0 Å². The van der Waals surface area contributed by atoms with Crippen molar-refractivity contribution in [2.45, 2.75) is 5.03 Å². The molecule has 4 aromatic rings. The Morgan fingerprint density at radius 3 is 2.71 bits per heavy atom. The van der Waals surface area contributed by atoms with Crippen molar-refractivity contribution in [2.24, 2.45) is 0 Å². The highest BCUT2D eigenvalue weighted by molar-refractivity contribution is 8.00. The molecule has 3 aromatic heterocycles. The van der Waals surface area contributed by atoms with Gasteiger partial charge in [0, 0.05) is 6.20 Å². The van der Waals surface area contributed by atoms with Crippen LogP contribution in [-0.4, -0.2) is 36.4 Å². The third-order valence-electron chi connectivity index (χ3n) is 3.74. The van der Waals surface area contributed by atoms with Gasteiger partial charge in [-0.25, -0.2) is 19.6 Å². The second kappa shape index (κ2) is 8.14. The van der Waals surface area contributed by atoms with Gasteiger partial charge in [0.2, 0.25) is 5.91 Å². The molecular weight excluding hydrogens is 419 g/mol. The van der Waals surface area contributed by atoms with Crippen LogP contribution in [0, 0.1) is 0 Å². The number of pyridine rings is 1. The zero-order valence-electron chi connectivity index (χ0n) is 14.2. The topological polar surface area (TPSA) is 85.6 Å². The van der Waals surface area contributed by atoms with E-state index in [0.717, 1.165) is 11.1 Å². The number of hydrogen-bond donors (Lipinski definition) is 1. The van der Waals surface area contributed by atoms with E-state index in [0.29, 0.717) is 15.7 Å². The Hall–Kier alpha value is -2.68. The Bertz CT molecular complexity index is 1150. The second-order valence-electron chi connectivity index (χ2n) is 5.63. The first-order valence-electron chi connectivity index (χ1n) is 8.09. The maximum Gasteiger partial charge on any atom is 0.235 e. The molecule has 0 bridgehead atoms. The minimum absolute atomic E-state index is 0.128. The largest absolute Gasteiger partial charge is 0.309 e. The number of hydrogen-bond acceptors (Lipinski definition) is 6. The summed E-state index contributed by atoms with van der Waals surface area (Å²) < 4.78 is 1.73. The molecule has 28 heavy (non-hydrogen) atoms. The van der Waals surface area contributed by atoms with Crippen LogP contribution in [-0.2, 0) is 4.79 Å². The number of carbonyl (C=O) groups excluding carboxylic acids is 1. The zero-order chi connectivity index (χ0) is 19.5. The quantitative estimate of drug-likeness (QED) is 0.376. The number of benzene rings is 1. The molecule has 0 saturated carbocycles. The SMILES string of the molecule is O=C(CSc1ncnc2c1cnn2-c1ccccc1)Nc1ncc(Cl)cc1Cl.